The van der Waals surface area contributed by atoms with E-state index in [2.05, 4.69) is 98.7 Å². The van der Waals surface area contributed by atoms with Gasteiger partial charge in [0.1, 0.15) is 0 Å². The summed E-state index contributed by atoms with van der Waals surface area (Å²) < 4.78 is 7.02. The molecule has 3 aromatic carbocycles. The second-order valence-corrected chi connectivity index (χ2v) is 16.9. The molecule has 278 valence electrons. The van der Waals surface area contributed by atoms with Crippen molar-refractivity contribution in [2.45, 2.75) is 193 Å². The molecule has 0 amide bonds. The summed E-state index contributed by atoms with van der Waals surface area (Å²) in [5.74, 6) is 0. The van der Waals surface area contributed by atoms with Crippen LogP contribution in [0.1, 0.15) is 170 Å². The molecule has 3 rings (SSSR count). The molecular weight excluding hydrogens is 633 g/mol. The molecule has 0 bridgehead atoms. The Morgan fingerprint density at radius 3 is 0.780 bits per heavy atom. The lowest BCUT2D eigenvalue weighted by Gasteiger charge is -2.46. The van der Waals surface area contributed by atoms with Gasteiger partial charge in [-0.2, -0.15) is 0 Å². The molecule has 50 heavy (non-hydrogen) atoms. The van der Waals surface area contributed by atoms with Gasteiger partial charge in [0.2, 0.25) is 0 Å². The minimum Gasteiger partial charge on any atom is -0.449 e. The molecule has 0 spiro atoms. The normalized spacial score (nSPS) is 12.0. The van der Waals surface area contributed by atoms with Gasteiger partial charge in [0.25, 0.3) is 0 Å². The van der Waals surface area contributed by atoms with E-state index in [1.165, 1.54) is 64.8 Å². The van der Waals surface area contributed by atoms with Gasteiger partial charge in [-0.15, -0.1) is 0 Å². The van der Waals surface area contributed by atoms with Crippen molar-refractivity contribution in [2.24, 2.45) is 0 Å². The molecule has 0 heterocycles. The van der Waals surface area contributed by atoms with Gasteiger partial charge < -0.3 is 9.29 Å². The number of carboxylic acid groups (broad SMARTS) is 1. The van der Waals surface area contributed by atoms with E-state index in [4.69, 9.17) is 4.18 Å². The van der Waals surface area contributed by atoms with Crippen LogP contribution in [0.3, 0.4) is 0 Å². The Hall–Kier alpha value is -2.72. The quantitative estimate of drug-likeness (QED) is 0.113. The highest BCUT2D eigenvalue weighted by atomic mass is 32.3. The van der Waals surface area contributed by atoms with Crippen molar-refractivity contribution in [2.75, 3.05) is 0 Å². The molecule has 0 aliphatic carbocycles. The van der Waals surface area contributed by atoms with Crippen molar-refractivity contribution < 1.29 is 14.1 Å². The van der Waals surface area contributed by atoms with Crippen LogP contribution in [0.25, 0.3) is 0 Å². The van der Waals surface area contributed by atoms with Crippen LogP contribution < -0.4 is 0 Å². The number of aryl methyl sites for hydroxylation is 9. The Morgan fingerprint density at radius 1 is 0.420 bits per heavy atom. The predicted octanol–water partition coefficient (Wildman–Crippen LogP) is 14.2. The summed E-state index contributed by atoms with van der Waals surface area (Å²) in [5, 5.41) is 11.2. The topological polar surface area (TPSA) is 46.5 Å². The average molecular weight is 703 g/mol. The minimum absolute atomic E-state index is 0.904. The standard InChI is InChI=1S/C46H70O3S/c1-10-19-34-28-37(22-13-4)43(38(29-34)23-14-5)50(49-46(47)48,44-39(24-15-6)30-35(20-11-2)31-40(44)25-16-7)45-41(26-17-8)32-36(21-12-3)33-42(45)27-18-9/h28-33H,10-27H2,1-9H3,(H,47,48). The van der Waals surface area contributed by atoms with Crippen LogP contribution >= 0.6 is 10.3 Å². The fourth-order valence-corrected chi connectivity index (χ4v) is 12.4. The largest absolute Gasteiger partial charge is 0.517 e. The van der Waals surface area contributed by atoms with E-state index in [0.29, 0.717) is 0 Å². The first-order valence-corrected chi connectivity index (χ1v) is 22.0. The molecule has 0 aliphatic rings. The highest BCUT2D eigenvalue weighted by molar-refractivity contribution is 8.30. The molecule has 0 aromatic heterocycles. The molecule has 0 aliphatic heterocycles. The molecule has 0 saturated carbocycles. The zero-order valence-electron chi connectivity index (χ0n) is 33.4. The number of carbonyl (C=O) groups is 1. The van der Waals surface area contributed by atoms with Crippen LogP contribution in [-0.2, 0) is 62.0 Å². The molecule has 1 N–H and O–H groups in total. The van der Waals surface area contributed by atoms with E-state index in [1.807, 2.05) is 0 Å². The zero-order valence-corrected chi connectivity index (χ0v) is 34.2. The van der Waals surface area contributed by atoms with Crippen LogP contribution in [0.2, 0.25) is 0 Å². The first kappa shape index (κ1) is 41.7. The first-order chi connectivity index (χ1) is 24.2. The minimum atomic E-state index is -2.74. The van der Waals surface area contributed by atoms with Crippen LogP contribution in [-0.4, -0.2) is 11.3 Å². The van der Waals surface area contributed by atoms with Gasteiger partial charge >= 0.3 is 6.16 Å². The molecule has 0 saturated heterocycles. The van der Waals surface area contributed by atoms with E-state index in [9.17, 15) is 9.90 Å². The third-order valence-electron chi connectivity index (χ3n) is 9.70. The van der Waals surface area contributed by atoms with E-state index in [1.54, 1.807) is 0 Å². The molecule has 0 fully saturated rings. The zero-order chi connectivity index (χ0) is 36.7. The molecular formula is C46H70O3S. The third-order valence-corrected chi connectivity index (χ3v) is 13.4. The maximum absolute atomic E-state index is 13.7. The fraction of sp³-hybridized carbons (Fsp3) is 0.587. The van der Waals surface area contributed by atoms with Gasteiger partial charge in [-0.05, 0) is 118 Å². The number of rotatable bonds is 22. The molecule has 3 nitrogen and oxygen atoms in total. The Bertz CT molecular complexity index is 1270. The SMILES string of the molecule is CCCc1cc(CCC)c(S(OC(=O)O)(c2c(CCC)cc(CCC)cc2CCC)c2c(CCC)cc(CCC)cc2CCC)c(CCC)c1. The second-order valence-electron chi connectivity index (χ2n) is 14.4. The van der Waals surface area contributed by atoms with Gasteiger partial charge in [-0.1, -0.05) is 156 Å². The van der Waals surface area contributed by atoms with Crippen LogP contribution in [0.4, 0.5) is 4.79 Å². The molecule has 4 heteroatoms. The van der Waals surface area contributed by atoms with Crippen molar-refractivity contribution >= 4 is 16.5 Å². The molecule has 0 radical (unpaired) electrons. The van der Waals surface area contributed by atoms with E-state index in [0.717, 1.165) is 116 Å². The van der Waals surface area contributed by atoms with E-state index in [-0.39, 0.29) is 0 Å². The Kier molecular flexibility index (Phi) is 17.5. The molecule has 0 atom stereocenters. The number of hydrogen-bond acceptors (Lipinski definition) is 2. The lowest BCUT2D eigenvalue weighted by molar-refractivity contribution is 0.150. The maximum Gasteiger partial charge on any atom is 0.517 e. The smallest absolute Gasteiger partial charge is 0.449 e. The average Bonchev–Trinajstić information content (AvgIpc) is 3.05. The van der Waals surface area contributed by atoms with Gasteiger partial charge in [0, 0.05) is 14.7 Å². The summed E-state index contributed by atoms with van der Waals surface area (Å²) in [5.41, 5.74) is 11.9. The fourth-order valence-electron chi connectivity index (χ4n) is 8.15. The summed E-state index contributed by atoms with van der Waals surface area (Å²) >= 11 is 0. The Balaban J connectivity index is 2.89. The molecule has 0 unspecified atom stereocenters. The van der Waals surface area contributed by atoms with Crippen molar-refractivity contribution in [3.05, 3.63) is 86.5 Å². The highest BCUT2D eigenvalue weighted by Gasteiger charge is 2.45. The Labute approximate surface area is 308 Å². The Morgan fingerprint density at radius 2 is 0.620 bits per heavy atom. The van der Waals surface area contributed by atoms with Crippen LogP contribution in [0.15, 0.2) is 51.1 Å². The van der Waals surface area contributed by atoms with E-state index < -0.39 is 16.5 Å². The maximum atomic E-state index is 13.7. The lowest BCUT2D eigenvalue weighted by Crippen LogP contribution is -2.22. The summed E-state index contributed by atoms with van der Waals surface area (Å²) in [4.78, 5) is 17.2. The third kappa shape index (κ3) is 9.78. The van der Waals surface area contributed by atoms with Crippen LogP contribution in [0.5, 0.6) is 0 Å². The van der Waals surface area contributed by atoms with Gasteiger partial charge in [0.05, 0.1) is 0 Å². The van der Waals surface area contributed by atoms with Crippen molar-refractivity contribution in [3.63, 3.8) is 0 Å². The monoisotopic (exact) mass is 703 g/mol. The van der Waals surface area contributed by atoms with Gasteiger partial charge in [0.15, 0.2) is 0 Å². The van der Waals surface area contributed by atoms with Crippen molar-refractivity contribution in [1.29, 1.82) is 0 Å². The second kappa shape index (κ2) is 21.0. The van der Waals surface area contributed by atoms with Crippen molar-refractivity contribution in [3.8, 4) is 0 Å². The lowest BCUT2D eigenvalue weighted by atomic mass is 9.97. The van der Waals surface area contributed by atoms with Crippen molar-refractivity contribution in [1.82, 2.24) is 0 Å². The summed E-state index contributed by atoms with van der Waals surface area (Å²) in [6.45, 7) is 20.4. The number of hydrogen-bond donors (Lipinski definition) is 1. The van der Waals surface area contributed by atoms with Crippen LogP contribution in [0, 0.1) is 0 Å². The number of benzene rings is 3. The summed E-state index contributed by atoms with van der Waals surface area (Å²) in [6, 6.07) is 14.6. The van der Waals surface area contributed by atoms with Gasteiger partial charge in [-0.3, -0.25) is 0 Å². The first-order valence-electron chi connectivity index (χ1n) is 20.4. The molecule has 3 aromatic rings. The van der Waals surface area contributed by atoms with Gasteiger partial charge in [-0.25, -0.2) is 4.79 Å². The van der Waals surface area contributed by atoms with E-state index >= 15 is 0 Å². The summed E-state index contributed by atoms with van der Waals surface area (Å²) in [6.07, 6.45) is 16.6. The highest BCUT2D eigenvalue weighted by Crippen LogP contribution is 2.74. The summed E-state index contributed by atoms with van der Waals surface area (Å²) in [7, 11) is -2.74. The predicted molar refractivity (Wildman–Crippen MR) is 217 cm³/mol.